The molecule has 0 radical (unpaired) electrons. The van der Waals surface area contributed by atoms with E-state index in [0.717, 1.165) is 31.5 Å². The lowest BCUT2D eigenvalue weighted by molar-refractivity contribution is 0.0743. The number of carbonyl (C=O) groups is 1. The Hall–Kier alpha value is -1.89. The van der Waals surface area contributed by atoms with Crippen molar-refractivity contribution >= 4 is 5.91 Å². The highest BCUT2D eigenvalue weighted by Crippen LogP contribution is 2.44. The first kappa shape index (κ1) is 16.0. The number of aromatic nitrogens is 1. The molecule has 1 saturated carbocycles. The second-order valence-corrected chi connectivity index (χ2v) is 7.20. The van der Waals surface area contributed by atoms with E-state index in [-0.39, 0.29) is 5.91 Å². The predicted molar refractivity (Wildman–Crippen MR) is 89.0 cm³/mol. The fourth-order valence-electron chi connectivity index (χ4n) is 4.21. The third-order valence-electron chi connectivity index (χ3n) is 5.70. The first-order valence-corrected chi connectivity index (χ1v) is 8.80. The monoisotopic (exact) mass is 311 g/mol. The van der Waals surface area contributed by atoms with Gasteiger partial charge < -0.3 is 4.90 Å². The van der Waals surface area contributed by atoms with Crippen LogP contribution in [-0.2, 0) is 0 Å². The largest absolute Gasteiger partial charge is 0.337 e. The maximum atomic E-state index is 12.8. The van der Waals surface area contributed by atoms with Crippen molar-refractivity contribution in [3.63, 3.8) is 0 Å². The number of likely N-dealkylation sites (tertiary alicyclic amines) is 1. The summed E-state index contributed by atoms with van der Waals surface area (Å²) < 4.78 is 0. The molecule has 0 atom stereocenters. The second-order valence-electron chi connectivity index (χ2n) is 7.20. The van der Waals surface area contributed by atoms with Gasteiger partial charge in [0.1, 0.15) is 11.8 Å². The van der Waals surface area contributed by atoms with Crippen molar-refractivity contribution in [1.29, 1.82) is 5.26 Å². The summed E-state index contributed by atoms with van der Waals surface area (Å²) in [7, 11) is 0. The van der Waals surface area contributed by atoms with E-state index in [1.165, 1.54) is 44.7 Å². The molecule has 1 aromatic rings. The summed E-state index contributed by atoms with van der Waals surface area (Å²) >= 11 is 0. The molecule has 1 aromatic heterocycles. The molecule has 1 saturated heterocycles. The van der Waals surface area contributed by atoms with Crippen molar-refractivity contribution < 1.29 is 4.79 Å². The van der Waals surface area contributed by atoms with E-state index in [4.69, 9.17) is 5.26 Å². The molecule has 0 aromatic carbocycles. The molecule has 122 valence electrons. The topological polar surface area (TPSA) is 57.0 Å². The number of nitriles is 1. The van der Waals surface area contributed by atoms with Gasteiger partial charge in [-0.25, -0.2) is 4.98 Å². The maximum Gasteiger partial charge on any atom is 0.272 e. The standard InChI is InChI=1S/C19H25N3O/c1-15-12-17(21-14-16(15)13-20)18(23)22-10-5-8-19(9-11-22)6-3-2-4-7-19/h12,14H,2-11H2,1H3. The Balaban J connectivity index is 1.71. The number of rotatable bonds is 1. The van der Waals surface area contributed by atoms with Crippen LogP contribution in [0, 0.1) is 23.7 Å². The van der Waals surface area contributed by atoms with E-state index in [1.54, 1.807) is 6.07 Å². The van der Waals surface area contributed by atoms with Crippen LogP contribution in [0.2, 0.25) is 0 Å². The summed E-state index contributed by atoms with van der Waals surface area (Å²) in [4.78, 5) is 18.9. The summed E-state index contributed by atoms with van der Waals surface area (Å²) in [6.07, 6.45) is 11.8. The molecular formula is C19H25N3O. The molecule has 4 heteroatoms. The molecular weight excluding hydrogens is 286 g/mol. The number of hydrogen-bond acceptors (Lipinski definition) is 3. The summed E-state index contributed by atoms with van der Waals surface area (Å²) in [5, 5.41) is 8.99. The van der Waals surface area contributed by atoms with Crippen molar-refractivity contribution in [3.05, 3.63) is 29.1 Å². The Morgan fingerprint density at radius 2 is 1.91 bits per heavy atom. The number of amides is 1. The fraction of sp³-hybridized carbons (Fsp3) is 0.632. The highest BCUT2D eigenvalue weighted by molar-refractivity contribution is 5.92. The second kappa shape index (κ2) is 6.70. The first-order valence-electron chi connectivity index (χ1n) is 8.80. The van der Waals surface area contributed by atoms with Crippen molar-refractivity contribution in [2.75, 3.05) is 13.1 Å². The molecule has 2 aliphatic rings. The van der Waals surface area contributed by atoms with Crippen LogP contribution in [-0.4, -0.2) is 28.9 Å². The Bertz CT molecular complexity index is 626. The third-order valence-corrected chi connectivity index (χ3v) is 5.70. The zero-order chi connectivity index (χ0) is 16.3. The lowest BCUT2D eigenvalue weighted by Crippen LogP contribution is -2.33. The van der Waals surface area contributed by atoms with E-state index in [9.17, 15) is 4.79 Å². The first-order chi connectivity index (χ1) is 11.1. The van der Waals surface area contributed by atoms with Crippen LogP contribution in [0.5, 0.6) is 0 Å². The quantitative estimate of drug-likeness (QED) is 0.792. The van der Waals surface area contributed by atoms with Gasteiger partial charge in [-0.15, -0.1) is 0 Å². The van der Waals surface area contributed by atoms with Crippen molar-refractivity contribution in [2.45, 2.75) is 58.3 Å². The zero-order valence-corrected chi connectivity index (χ0v) is 14.0. The molecule has 2 heterocycles. The van der Waals surface area contributed by atoms with Gasteiger partial charge in [-0.3, -0.25) is 4.79 Å². The average Bonchev–Trinajstić information content (AvgIpc) is 2.77. The van der Waals surface area contributed by atoms with Gasteiger partial charge in [-0.05, 0) is 56.1 Å². The Labute approximate surface area is 138 Å². The minimum atomic E-state index is 0.0189. The van der Waals surface area contributed by atoms with E-state index in [2.05, 4.69) is 11.1 Å². The molecule has 2 fully saturated rings. The minimum absolute atomic E-state index is 0.0189. The highest BCUT2D eigenvalue weighted by Gasteiger charge is 2.34. The smallest absolute Gasteiger partial charge is 0.272 e. The third kappa shape index (κ3) is 3.39. The van der Waals surface area contributed by atoms with Crippen LogP contribution >= 0.6 is 0 Å². The molecule has 1 spiro atoms. The van der Waals surface area contributed by atoms with Gasteiger partial charge in [0, 0.05) is 19.3 Å². The fourth-order valence-corrected chi connectivity index (χ4v) is 4.21. The molecule has 0 bridgehead atoms. The molecule has 1 amide bonds. The molecule has 23 heavy (non-hydrogen) atoms. The summed E-state index contributed by atoms with van der Waals surface area (Å²) in [5.41, 5.74) is 2.32. The number of pyridine rings is 1. The normalized spacial score (nSPS) is 20.8. The molecule has 1 aliphatic heterocycles. The summed E-state index contributed by atoms with van der Waals surface area (Å²) in [6.45, 7) is 3.54. The number of carbonyl (C=O) groups excluding carboxylic acids is 1. The van der Waals surface area contributed by atoms with Crippen LogP contribution in [0.15, 0.2) is 12.3 Å². The van der Waals surface area contributed by atoms with Gasteiger partial charge in [0.25, 0.3) is 5.91 Å². The van der Waals surface area contributed by atoms with Crippen LogP contribution in [0.4, 0.5) is 0 Å². The minimum Gasteiger partial charge on any atom is -0.337 e. The highest BCUT2D eigenvalue weighted by atomic mass is 16.2. The average molecular weight is 311 g/mol. The molecule has 0 unspecified atom stereocenters. The molecule has 0 N–H and O–H groups in total. The summed E-state index contributed by atoms with van der Waals surface area (Å²) in [5.74, 6) is 0.0189. The zero-order valence-electron chi connectivity index (χ0n) is 14.0. The van der Waals surface area contributed by atoms with Crippen LogP contribution in [0.1, 0.15) is 73.0 Å². The summed E-state index contributed by atoms with van der Waals surface area (Å²) in [6, 6.07) is 3.85. The molecule has 3 rings (SSSR count). The van der Waals surface area contributed by atoms with Gasteiger partial charge in [-0.1, -0.05) is 19.3 Å². The van der Waals surface area contributed by atoms with Crippen molar-refractivity contribution in [2.24, 2.45) is 5.41 Å². The van der Waals surface area contributed by atoms with Crippen LogP contribution < -0.4 is 0 Å². The van der Waals surface area contributed by atoms with Crippen molar-refractivity contribution in [3.8, 4) is 6.07 Å². The van der Waals surface area contributed by atoms with E-state index >= 15 is 0 Å². The van der Waals surface area contributed by atoms with Crippen LogP contribution in [0.3, 0.4) is 0 Å². The SMILES string of the molecule is Cc1cc(C(=O)N2CCCC3(CCCCC3)CC2)ncc1C#N. The Kier molecular flexibility index (Phi) is 4.66. The van der Waals surface area contributed by atoms with Gasteiger partial charge in [0.2, 0.25) is 0 Å². The van der Waals surface area contributed by atoms with Gasteiger partial charge >= 0.3 is 0 Å². The van der Waals surface area contributed by atoms with E-state index in [1.807, 2.05) is 11.8 Å². The van der Waals surface area contributed by atoms with E-state index in [0.29, 0.717) is 16.7 Å². The number of hydrogen-bond donors (Lipinski definition) is 0. The Morgan fingerprint density at radius 1 is 1.17 bits per heavy atom. The van der Waals surface area contributed by atoms with Gasteiger partial charge in [0.15, 0.2) is 0 Å². The number of nitrogens with zero attached hydrogens (tertiary/aromatic N) is 3. The lowest BCUT2D eigenvalue weighted by Gasteiger charge is -2.36. The van der Waals surface area contributed by atoms with Crippen LogP contribution in [0.25, 0.3) is 0 Å². The maximum absolute atomic E-state index is 12.8. The molecule has 4 nitrogen and oxygen atoms in total. The van der Waals surface area contributed by atoms with Gasteiger partial charge in [0.05, 0.1) is 5.56 Å². The Morgan fingerprint density at radius 3 is 2.61 bits per heavy atom. The predicted octanol–water partition coefficient (Wildman–Crippen LogP) is 3.84. The lowest BCUT2D eigenvalue weighted by atomic mass is 9.69. The van der Waals surface area contributed by atoms with Crippen molar-refractivity contribution in [1.82, 2.24) is 9.88 Å². The van der Waals surface area contributed by atoms with Gasteiger partial charge in [-0.2, -0.15) is 5.26 Å². The van der Waals surface area contributed by atoms with E-state index < -0.39 is 0 Å². The molecule has 1 aliphatic carbocycles. The number of aryl methyl sites for hydroxylation is 1.